The van der Waals surface area contributed by atoms with Gasteiger partial charge in [0.05, 0.1) is 25.9 Å². The van der Waals surface area contributed by atoms with E-state index in [-0.39, 0.29) is 12.1 Å². The van der Waals surface area contributed by atoms with Crippen molar-refractivity contribution in [3.63, 3.8) is 0 Å². The van der Waals surface area contributed by atoms with Gasteiger partial charge in [0.1, 0.15) is 11.5 Å². The molecule has 2 heterocycles. The number of aromatic nitrogens is 1. The minimum Gasteiger partial charge on any atom is -0.497 e. The van der Waals surface area contributed by atoms with Gasteiger partial charge < -0.3 is 24.3 Å². The van der Waals surface area contributed by atoms with Gasteiger partial charge in [0.2, 0.25) is 0 Å². The number of hydrogen-bond donors (Lipinski definition) is 1. The zero-order valence-electron chi connectivity index (χ0n) is 16.3. The van der Waals surface area contributed by atoms with Gasteiger partial charge >= 0.3 is 6.03 Å². The number of anilines is 1. The van der Waals surface area contributed by atoms with Gasteiger partial charge in [-0.15, -0.1) is 0 Å². The van der Waals surface area contributed by atoms with E-state index < -0.39 is 0 Å². The maximum absolute atomic E-state index is 13.3. The molecule has 6 nitrogen and oxygen atoms in total. The summed E-state index contributed by atoms with van der Waals surface area (Å²) in [6.07, 6.45) is 2.04. The van der Waals surface area contributed by atoms with Crippen LogP contribution in [0.25, 0.3) is 0 Å². The summed E-state index contributed by atoms with van der Waals surface area (Å²) in [4.78, 5) is 15.1. The third-order valence-corrected chi connectivity index (χ3v) is 5.39. The van der Waals surface area contributed by atoms with Crippen molar-refractivity contribution in [3.8, 4) is 11.5 Å². The molecule has 0 fully saturated rings. The van der Waals surface area contributed by atoms with Crippen LogP contribution >= 0.6 is 11.6 Å². The maximum atomic E-state index is 13.3. The molecule has 2 aromatic carbocycles. The Morgan fingerprint density at radius 3 is 2.59 bits per heavy atom. The minimum absolute atomic E-state index is 0.194. The van der Waals surface area contributed by atoms with Crippen LogP contribution in [0.4, 0.5) is 10.5 Å². The molecule has 0 saturated carbocycles. The molecule has 0 unspecified atom stereocenters. The standard InChI is InChI=1S/C22H22ClN3O3/c1-28-17-9-10-18(20(14-17)29-2)24-22(27)26-13-12-25-11-3-4-19(25)21(26)15-5-7-16(23)8-6-15/h3-11,14,21H,12-13H2,1-2H3,(H,24,27)/t21-/m1/s1. The van der Waals surface area contributed by atoms with Gasteiger partial charge in [-0.3, -0.25) is 0 Å². The zero-order chi connectivity index (χ0) is 20.4. The molecule has 7 heteroatoms. The minimum atomic E-state index is -0.208. The highest BCUT2D eigenvalue weighted by Gasteiger charge is 2.32. The second kappa shape index (κ2) is 8.09. The van der Waals surface area contributed by atoms with Crippen molar-refractivity contribution in [2.45, 2.75) is 12.6 Å². The third-order valence-electron chi connectivity index (χ3n) is 5.14. The molecule has 0 bridgehead atoms. The lowest BCUT2D eigenvalue weighted by Gasteiger charge is -2.37. The summed E-state index contributed by atoms with van der Waals surface area (Å²) in [5.74, 6) is 1.20. The number of amides is 2. The second-order valence-corrected chi connectivity index (χ2v) is 7.21. The molecule has 0 spiro atoms. The number of urea groups is 1. The Morgan fingerprint density at radius 1 is 1.07 bits per heavy atom. The van der Waals surface area contributed by atoms with Gasteiger partial charge in [0.25, 0.3) is 0 Å². The number of hydrogen-bond acceptors (Lipinski definition) is 3. The van der Waals surface area contributed by atoms with Crippen molar-refractivity contribution in [2.75, 3.05) is 26.1 Å². The fourth-order valence-corrected chi connectivity index (χ4v) is 3.81. The predicted octanol–water partition coefficient (Wildman–Crippen LogP) is 4.80. The average molecular weight is 412 g/mol. The van der Waals surface area contributed by atoms with Gasteiger partial charge in [0, 0.05) is 36.1 Å². The van der Waals surface area contributed by atoms with Gasteiger partial charge in [-0.25, -0.2) is 4.79 Å². The second-order valence-electron chi connectivity index (χ2n) is 6.77. The quantitative estimate of drug-likeness (QED) is 0.671. The molecule has 1 N–H and O–H groups in total. The number of rotatable bonds is 4. The lowest BCUT2D eigenvalue weighted by atomic mass is 10.0. The molecule has 29 heavy (non-hydrogen) atoms. The lowest BCUT2D eigenvalue weighted by molar-refractivity contribution is 0.181. The van der Waals surface area contributed by atoms with Crippen LogP contribution in [0.2, 0.25) is 5.02 Å². The highest BCUT2D eigenvalue weighted by molar-refractivity contribution is 6.30. The summed E-state index contributed by atoms with van der Waals surface area (Å²) < 4.78 is 12.8. The smallest absolute Gasteiger partial charge is 0.322 e. The molecule has 1 aliphatic heterocycles. The summed E-state index contributed by atoms with van der Waals surface area (Å²) in [5.41, 5.74) is 2.66. The number of carbonyl (C=O) groups excluding carboxylic acids is 1. The highest BCUT2D eigenvalue weighted by atomic mass is 35.5. The van der Waals surface area contributed by atoms with Crippen molar-refractivity contribution in [3.05, 3.63) is 77.1 Å². The van der Waals surface area contributed by atoms with Crippen molar-refractivity contribution >= 4 is 23.3 Å². The molecule has 4 rings (SSSR count). The summed E-state index contributed by atoms with van der Waals surface area (Å²) >= 11 is 6.07. The number of nitrogens with one attached hydrogen (secondary N) is 1. The van der Waals surface area contributed by atoms with E-state index in [4.69, 9.17) is 21.1 Å². The fourth-order valence-electron chi connectivity index (χ4n) is 3.69. The molecule has 0 aliphatic carbocycles. The van der Waals surface area contributed by atoms with Crippen LogP contribution in [0.15, 0.2) is 60.8 Å². The Labute approximate surface area is 174 Å². The van der Waals surface area contributed by atoms with Crippen molar-refractivity contribution in [1.29, 1.82) is 0 Å². The van der Waals surface area contributed by atoms with Crippen molar-refractivity contribution < 1.29 is 14.3 Å². The van der Waals surface area contributed by atoms with E-state index >= 15 is 0 Å². The number of nitrogens with zero attached hydrogens (tertiary/aromatic N) is 2. The Hall–Kier alpha value is -3.12. The highest BCUT2D eigenvalue weighted by Crippen LogP contribution is 2.35. The molecule has 1 atom stereocenters. The molecule has 0 radical (unpaired) electrons. The summed E-state index contributed by atoms with van der Waals surface area (Å²) in [7, 11) is 3.15. The Kier molecular flexibility index (Phi) is 5.36. The summed E-state index contributed by atoms with van der Waals surface area (Å²) in [6, 6.07) is 16.6. The van der Waals surface area contributed by atoms with Gasteiger partial charge in [-0.1, -0.05) is 23.7 Å². The van der Waals surface area contributed by atoms with E-state index in [1.807, 2.05) is 47.5 Å². The molecular weight excluding hydrogens is 390 g/mol. The first kappa shape index (κ1) is 19.2. The molecular formula is C22H22ClN3O3. The molecule has 2 amide bonds. The molecule has 150 valence electrons. The SMILES string of the molecule is COc1ccc(NC(=O)N2CCn3cccc3[C@H]2c2ccc(Cl)cc2)c(OC)c1. The van der Waals surface area contributed by atoms with E-state index in [9.17, 15) is 4.79 Å². The van der Waals surface area contributed by atoms with Crippen molar-refractivity contribution in [1.82, 2.24) is 9.47 Å². The van der Waals surface area contributed by atoms with Gasteiger partial charge in [-0.2, -0.15) is 0 Å². The number of fused-ring (bicyclic) bond motifs is 1. The first-order chi connectivity index (χ1) is 14.1. The van der Waals surface area contributed by atoms with Crippen LogP contribution in [0.5, 0.6) is 11.5 Å². The monoisotopic (exact) mass is 411 g/mol. The van der Waals surface area contributed by atoms with Crippen LogP contribution in [-0.4, -0.2) is 36.3 Å². The first-order valence-electron chi connectivity index (χ1n) is 9.31. The van der Waals surface area contributed by atoms with E-state index in [1.165, 1.54) is 0 Å². The summed E-state index contributed by atoms with van der Waals surface area (Å²) in [6.45, 7) is 1.32. The number of benzene rings is 2. The maximum Gasteiger partial charge on any atom is 0.322 e. The molecule has 3 aromatic rings. The molecule has 0 saturated heterocycles. The Morgan fingerprint density at radius 2 is 1.86 bits per heavy atom. The average Bonchev–Trinajstić information content (AvgIpc) is 3.23. The number of ether oxygens (including phenoxy) is 2. The van der Waals surface area contributed by atoms with Crippen LogP contribution < -0.4 is 14.8 Å². The van der Waals surface area contributed by atoms with Gasteiger partial charge in [0.15, 0.2) is 0 Å². The number of halogens is 1. The largest absolute Gasteiger partial charge is 0.497 e. The third kappa shape index (κ3) is 3.76. The van der Waals surface area contributed by atoms with Crippen molar-refractivity contribution in [2.24, 2.45) is 0 Å². The van der Waals surface area contributed by atoms with Gasteiger partial charge in [-0.05, 0) is 42.0 Å². The lowest BCUT2D eigenvalue weighted by Crippen LogP contribution is -2.44. The Bertz CT molecular complexity index is 1020. The van der Waals surface area contributed by atoms with E-state index in [2.05, 4.69) is 9.88 Å². The summed E-state index contributed by atoms with van der Waals surface area (Å²) in [5, 5.41) is 3.65. The molecule has 1 aromatic heterocycles. The zero-order valence-corrected chi connectivity index (χ0v) is 17.0. The first-order valence-corrected chi connectivity index (χ1v) is 9.68. The normalized spacial score (nSPS) is 15.6. The predicted molar refractivity (Wildman–Crippen MR) is 113 cm³/mol. The van der Waals surface area contributed by atoms with Crippen LogP contribution in [0.1, 0.15) is 17.3 Å². The van der Waals surface area contributed by atoms with E-state index in [1.54, 1.807) is 32.4 Å². The number of methoxy groups -OCH3 is 2. The van der Waals surface area contributed by atoms with Crippen LogP contribution in [-0.2, 0) is 6.54 Å². The van der Waals surface area contributed by atoms with E-state index in [0.717, 1.165) is 17.8 Å². The Balaban J connectivity index is 1.66. The van der Waals surface area contributed by atoms with Crippen LogP contribution in [0.3, 0.4) is 0 Å². The number of carbonyl (C=O) groups is 1. The topological polar surface area (TPSA) is 55.7 Å². The fraction of sp³-hybridized carbons (Fsp3) is 0.227. The van der Waals surface area contributed by atoms with Crippen LogP contribution in [0, 0.1) is 0 Å². The van der Waals surface area contributed by atoms with E-state index in [0.29, 0.717) is 28.8 Å². The molecule has 1 aliphatic rings.